The number of carbonyl (C=O) groups excluding carboxylic acids is 2. The molecule has 24 heavy (non-hydrogen) atoms. The highest BCUT2D eigenvalue weighted by molar-refractivity contribution is 6.09. The standard InChI is InChI=1S/C19H19NO4/c1-12(2)17(21)15-16(13-7-4-3-5-8-13)20(19(23)18(15)22)11-14-9-6-10-24-14/h3-10,12,16,22H,11H2,1-2H3. The molecule has 0 spiro atoms. The van der Waals surface area contributed by atoms with E-state index in [4.69, 9.17) is 4.42 Å². The molecule has 0 fully saturated rings. The van der Waals surface area contributed by atoms with E-state index in [1.807, 2.05) is 30.3 Å². The smallest absolute Gasteiger partial charge is 0.290 e. The second kappa shape index (κ2) is 6.35. The van der Waals surface area contributed by atoms with Gasteiger partial charge in [-0.15, -0.1) is 0 Å². The van der Waals surface area contributed by atoms with E-state index >= 15 is 0 Å². The quantitative estimate of drug-likeness (QED) is 0.914. The van der Waals surface area contributed by atoms with Gasteiger partial charge in [0.25, 0.3) is 5.91 Å². The molecule has 124 valence electrons. The van der Waals surface area contributed by atoms with Crippen LogP contribution in [-0.2, 0) is 16.1 Å². The van der Waals surface area contributed by atoms with E-state index in [1.54, 1.807) is 26.0 Å². The number of aliphatic hydroxyl groups excluding tert-OH is 1. The molecular formula is C19H19NO4. The molecule has 0 aliphatic carbocycles. The summed E-state index contributed by atoms with van der Waals surface area (Å²) in [6, 6.07) is 12.1. The SMILES string of the molecule is CC(C)C(=O)C1=C(O)C(=O)N(Cc2ccco2)C1c1ccccc1. The molecule has 0 radical (unpaired) electrons. The van der Waals surface area contributed by atoms with Gasteiger partial charge in [0.2, 0.25) is 0 Å². The van der Waals surface area contributed by atoms with Gasteiger partial charge in [0.15, 0.2) is 11.5 Å². The summed E-state index contributed by atoms with van der Waals surface area (Å²) in [5, 5.41) is 10.3. The van der Waals surface area contributed by atoms with Gasteiger partial charge in [-0.05, 0) is 17.7 Å². The van der Waals surface area contributed by atoms with Crippen LogP contribution in [0.1, 0.15) is 31.2 Å². The minimum Gasteiger partial charge on any atom is -0.503 e. The minimum atomic E-state index is -0.612. The van der Waals surface area contributed by atoms with E-state index in [0.717, 1.165) is 5.56 Å². The Balaban J connectivity index is 2.06. The predicted octanol–water partition coefficient (Wildman–Crippen LogP) is 3.40. The molecule has 1 aromatic carbocycles. The number of carbonyl (C=O) groups is 2. The average molecular weight is 325 g/mol. The number of Topliss-reactive ketones (excluding diaryl/α,β-unsaturated/α-hetero) is 1. The Morgan fingerprint density at radius 1 is 1.21 bits per heavy atom. The fourth-order valence-corrected chi connectivity index (χ4v) is 2.93. The molecule has 5 nitrogen and oxygen atoms in total. The summed E-state index contributed by atoms with van der Waals surface area (Å²) in [6.45, 7) is 3.69. The fraction of sp³-hybridized carbons (Fsp3) is 0.263. The van der Waals surface area contributed by atoms with E-state index in [-0.39, 0.29) is 23.8 Å². The lowest BCUT2D eigenvalue weighted by molar-refractivity contribution is -0.130. The third-order valence-electron chi connectivity index (χ3n) is 4.12. The van der Waals surface area contributed by atoms with E-state index in [0.29, 0.717) is 5.76 Å². The molecule has 2 aromatic rings. The maximum Gasteiger partial charge on any atom is 0.290 e. The van der Waals surface area contributed by atoms with Crippen molar-refractivity contribution in [2.75, 3.05) is 0 Å². The molecule has 3 rings (SSSR count). The molecule has 1 aliphatic heterocycles. The van der Waals surface area contributed by atoms with Crippen molar-refractivity contribution >= 4 is 11.7 Å². The van der Waals surface area contributed by atoms with Gasteiger partial charge in [-0.25, -0.2) is 0 Å². The number of benzene rings is 1. The van der Waals surface area contributed by atoms with Gasteiger partial charge in [-0.1, -0.05) is 44.2 Å². The Morgan fingerprint density at radius 2 is 1.92 bits per heavy atom. The first-order chi connectivity index (χ1) is 11.5. The average Bonchev–Trinajstić information content (AvgIpc) is 3.17. The zero-order valence-electron chi connectivity index (χ0n) is 13.6. The van der Waals surface area contributed by atoms with Crippen LogP contribution in [0.3, 0.4) is 0 Å². The van der Waals surface area contributed by atoms with Crippen molar-refractivity contribution in [3.8, 4) is 0 Å². The summed E-state index contributed by atoms with van der Waals surface area (Å²) in [6.07, 6.45) is 1.53. The van der Waals surface area contributed by atoms with Crippen molar-refractivity contribution in [2.45, 2.75) is 26.4 Å². The molecule has 5 heteroatoms. The molecule has 0 bridgehead atoms. The number of furan rings is 1. The van der Waals surface area contributed by atoms with Gasteiger partial charge in [0.05, 0.1) is 24.4 Å². The summed E-state index contributed by atoms with van der Waals surface area (Å²) >= 11 is 0. The lowest BCUT2D eigenvalue weighted by Gasteiger charge is -2.26. The molecule has 1 N–H and O–H groups in total. The van der Waals surface area contributed by atoms with Gasteiger partial charge in [0, 0.05) is 5.92 Å². The van der Waals surface area contributed by atoms with Crippen molar-refractivity contribution in [3.63, 3.8) is 0 Å². The first-order valence-corrected chi connectivity index (χ1v) is 7.86. The Hall–Kier alpha value is -2.82. The van der Waals surface area contributed by atoms with Gasteiger partial charge in [-0.2, -0.15) is 0 Å². The first kappa shape index (κ1) is 16.1. The normalized spacial score (nSPS) is 17.9. The molecule has 1 unspecified atom stereocenters. The summed E-state index contributed by atoms with van der Waals surface area (Å²) in [7, 11) is 0. The van der Waals surface area contributed by atoms with Crippen LogP contribution in [0.25, 0.3) is 0 Å². The topological polar surface area (TPSA) is 70.8 Å². The van der Waals surface area contributed by atoms with Gasteiger partial charge in [-0.3, -0.25) is 9.59 Å². The third-order valence-corrected chi connectivity index (χ3v) is 4.12. The molecule has 1 aromatic heterocycles. The Bertz CT molecular complexity index is 775. The van der Waals surface area contributed by atoms with Crippen LogP contribution < -0.4 is 0 Å². The zero-order valence-corrected chi connectivity index (χ0v) is 13.6. The zero-order chi connectivity index (χ0) is 17.3. The van der Waals surface area contributed by atoms with Crippen LogP contribution in [0.5, 0.6) is 0 Å². The number of amides is 1. The van der Waals surface area contributed by atoms with Gasteiger partial charge in [0.1, 0.15) is 5.76 Å². The number of aliphatic hydroxyl groups is 1. The fourth-order valence-electron chi connectivity index (χ4n) is 2.93. The number of hydrogen-bond acceptors (Lipinski definition) is 4. The molecule has 1 aliphatic rings. The van der Waals surface area contributed by atoms with Crippen LogP contribution in [0.15, 0.2) is 64.5 Å². The second-order valence-corrected chi connectivity index (χ2v) is 6.11. The van der Waals surface area contributed by atoms with Crippen LogP contribution in [0, 0.1) is 5.92 Å². The van der Waals surface area contributed by atoms with E-state index in [2.05, 4.69) is 0 Å². The molecule has 1 amide bonds. The molecule has 2 heterocycles. The molecule has 0 saturated heterocycles. The van der Waals surface area contributed by atoms with E-state index in [9.17, 15) is 14.7 Å². The first-order valence-electron chi connectivity index (χ1n) is 7.86. The maximum absolute atomic E-state index is 12.6. The van der Waals surface area contributed by atoms with Crippen molar-refractivity contribution in [2.24, 2.45) is 5.92 Å². The largest absolute Gasteiger partial charge is 0.503 e. The maximum atomic E-state index is 12.6. The van der Waals surface area contributed by atoms with Crippen molar-refractivity contribution in [1.82, 2.24) is 4.90 Å². The lowest BCUT2D eigenvalue weighted by atomic mass is 9.91. The number of ketones is 1. The highest BCUT2D eigenvalue weighted by Crippen LogP contribution is 2.39. The Morgan fingerprint density at radius 3 is 2.50 bits per heavy atom. The Kier molecular flexibility index (Phi) is 4.25. The summed E-state index contributed by atoms with van der Waals surface area (Å²) in [5.74, 6) is -0.963. The summed E-state index contributed by atoms with van der Waals surface area (Å²) < 4.78 is 5.33. The van der Waals surface area contributed by atoms with Crippen LogP contribution in [-0.4, -0.2) is 21.7 Å². The highest BCUT2D eigenvalue weighted by Gasteiger charge is 2.44. The highest BCUT2D eigenvalue weighted by atomic mass is 16.3. The number of rotatable bonds is 5. The molecule has 1 atom stereocenters. The summed E-state index contributed by atoms with van der Waals surface area (Å²) in [5.41, 5.74) is 0.943. The predicted molar refractivity (Wildman–Crippen MR) is 87.9 cm³/mol. The van der Waals surface area contributed by atoms with Gasteiger partial charge < -0.3 is 14.4 Å². The minimum absolute atomic E-state index is 0.160. The Labute approximate surface area is 140 Å². The van der Waals surface area contributed by atoms with Crippen molar-refractivity contribution in [3.05, 3.63) is 71.4 Å². The van der Waals surface area contributed by atoms with E-state index < -0.39 is 17.7 Å². The molecular weight excluding hydrogens is 306 g/mol. The number of hydrogen-bond donors (Lipinski definition) is 1. The van der Waals surface area contributed by atoms with Crippen LogP contribution >= 0.6 is 0 Å². The van der Waals surface area contributed by atoms with Gasteiger partial charge >= 0.3 is 0 Å². The molecule has 0 saturated carbocycles. The van der Waals surface area contributed by atoms with Crippen LogP contribution in [0.2, 0.25) is 0 Å². The van der Waals surface area contributed by atoms with Crippen LogP contribution in [0.4, 0.5) is 0 Å². The lowest BCUT2D eigenvalue weighted by Crippen LogP contribution is -2.31. The third kappa shape index (κ3) is 2.73. The summed E-state index contributed by atoms with van der Waals surface area (Å²) in [4.78, 5) is 26.7. The van der Waals surface area contributed by atoms with E-state index in [1.165, 1.54) is 11.2 Å². The number of nitrogens with zero attached hydrogens (tertiary/aromatic N) is 1. The second-order valence-electron chi connectivity index (χ2n) is 6.11. The monoisotopic (exact) mass is 325 g/mol. The van der Waals surface area contributed by atoms with Crippen molar-refractivity contribution < 1.29 is 19.1 Å². The van der Waals surface area contributed by atoms with Crippen molar-refractivity contribution in [1.29, 1.82) is 0 Å².